The molecule has 0 aliphatic carbocycles. The molecular formula is C12H12N2O. The molecule has 0 bridgehead atoms. The number of para-hydroxylation sites is 2. The molecule has 2 aromatic rings. The van der Waals surface area contributed by atoms with Crippen LogP contribution in [0.2, 0.25) is 0 Å². The number of rotatable bonds is 0. The molecule has 0 unspecified atom stereocenters. The van der Waals surface area contributed by atoms with Gasteiger partial charge in [-0.05, 0) is 12.1 Å². The van der Waals surface area contributed by atoms with Gasteiger partial charge in [0.1, 0.15) is 6.26 Å². The highest BCUT2D eigenvalue weighted by Gasteiger charge is 2.17. The van der Waals surface area contributed by atoms with Crippen LogP contribution in [0.3, 0.4) is 0 Å². The van der Waals surface area contributed by atoms with Gasteiger partial charge < -0.3 is 14.6 Å². The van der Waals surface area contributed by atoms with Crippen LogP contribution in [-0.4, -0.2) is 7.05 Å². The highest BCUT2D eigenvalue weighted by atomic mass is 16.3. The lowest BCUT2D eigenvalue weighted by Crippen LogP contribution is -2.08. The van der Waals surface area contributed by atoms with Crippen LogP contribution in [0, 0.1) is 0 Å². The van der Waals surface area contributed by atoms with Crippen molar-refractivity contribution in [3.8, 4) is 0 Å². The summed E-state index contributed by atoms with van der Waals surface area (Å²) in [4.78, 5) is 2.15. The molecule has 3 rings (SSSR count). The number of hydrogen-bond acceptors (Lipinski definition) is 3. The van der Waals surface area contributed by atoms with Crippen LogP contribution < -0.4 is 10.2 Å². The van der Waals surface area contributed by atoms with E-state index in [0.717, 1.165) is 17.9 Å². The van der Waals surface area contributed by atoms with Gasteiger partial charge in [-0.25, -0.2) is 0 Å². The van der Waals surface area contributed by atoms with E-state index in [1.807, 2.05) is 12.1 Å². The third-order valence-electron chi connectivity index (χ3n) is 2.82. The number of benzene rings is 1. The lowest BCUT2D eigenvalue weighted by molar-refractivity contribution is 0.564. The first-order valence-corrected chi connectivity index (χ1v) is 4.98. The summed E-state index contributed by atoms with van der Waals surface area (Å²) < 4.78 is 5.23. The van der Waals surface area contributed by atoms with Crippen LogP contribution in [-0.2, 0) is 6.54 Å². The van der Waals surface area contributed by atoms with Gasteiger partial charge in [-0.15, -0.1) is 0 Å². The van der Waals surface area contributed by atoms with Crippen molar-refractivity contribution in [2.24, 2.45) is 0 Å². The first-order chi connectivity index (χ1) is 7.36. The summed E-state index contributed by atoms with van der Waals surface area (Å²) >= 11 is 0. The molecule has 1 aromatic heterocycles. The van der Waals surface area contributed by atoms with Crippen LogP contribution >= 0.6 is 0 Å². The Bertz CT molecular complexity index is 490. The second kappa shape index (κ2) is 3.05. The minimum Gasteiger partial charge on any atom is -0.470 e. The lowest BCUT2D eigenvalue weighted by Gasteiger charge is -2.18. The normalized spacial score (nSPS) is 13.8. The van der Waals surface area contributed by atoms with Crippen LogP contribution in [0.25, 0.3) is 0 Å². The number of furan rings is 1. The fourth-order valence-electron chi connectivity index (χ4n) is 1.98. The highest BCUT2D eigenvalue weighted by molar-refractivity contribution is 5.79. The Balaban J connectivity index is 2.18. The third-order valence-corrected chi connectivity index (χ3v) is 2.82. The molecule has 1 aromatic carbocycles. The van der Waals surface area contributed by atoms with Crippen LogP contribution in [0.5, 0.6) is 0 Å². The van der Waals surface area contributed by atoms with Gasteiger partial charge in [0.15, 0.2) is 0 Å². The fraction of sp³-hybridized carbons (Fsp3) is 0.167. The Morgan fingerprint density at radius 1 is 1.20 bits per heavy atom. The number of nitrogens with one attached hydrogen (secondary N) is 1. The number of nitrogens with zero attached hydrogens (tertiary/aromatic N) is 1. The maximum absolute atomic E-state index is 5.23. The van der Waals surface area contributed by atoms with Gasteiger partial charge in [0.05, 0.1) is 23.3 Å². The highest BCUT2D eigenvalue weighted by Crippen LogP contribution is 2.36. The van der Waals surface area contributed by atoms with Gasteiger partial charge in [0.2, 0.25) is 0 Å². The average molecular weight is 200 g/mol. The Kier molecular flexibility index (Phi) is 1.71. The predicted molar refractivity (Wildman–Crippen MR) is 60.5 cm³/mol. The Morgan fingerprint density at radius 2 is 2.07 bits per heavy atom. The minimum atomic E-state index is 0.813. The molecule has 2 heterocycles. The molecule has 3 nitrogen and oxygen atoms in total. The summed E-state index contributed by atoms with van der Waals surface area (Å²) in [6.07, 6.45) is 3.59. The van der Waals surface area contributed by atoms with E-state index < -0.39 is 0 Å². The summed E-state index contributed by atoms with van der Waals surface area (Å²) in [5.41, 5.74) is 4.66. The largest absolute Gasteiger partial charge is 0.470 e. The van der Waals surface area contributed by atoms with E-state index in [9.17, 15) is 0 Å². The van der Waals surface area contributed by atoms with E-state index in [-0.39, 0.29) is 0 Å². The van der Waals surface area contributed by atoms with Crippen LogP contribution in [0.4, 0.5) is 17.1 Å². The second-order valence-electron chi connectivity index (χ2n) is 3.71. The smallest absolute Gasteiger partial charge is 0.114 e. The van der Waals surface area contributed by atoms with Crippen LogP contribution in [0.15, 0.2) is 41.2 Å². The number of hydrogen-bond donors (Lipinski definition) is 1. The van der Waals surface area contributed by atoms with Crippen molar-refractivity contribution in [2.45, 2.75) is 6.54 Å². The topological polar surface area (TPSA) is 28.4 Å². The first kappa shape index (κ1) is 8.41. The van der Waals surface area contributed by atoms with E-state index in [4.69, 9.17) is 4.42 Å². The van der Waals surface area contributed by atoms with Gasteiger partial charge >= 0.3 is 0 Å². The van der Waals surface area contributed by atoms with Gasteiger partial charge in [-0.1, -0.05) is 12.1 Å². The van der Waals surface area contributed by atoms with Crippen molar-refractivity contribution < 1.29 is 4.42 Å². The Labute approximate surface area is 88.3 Å². The average Bonchev–Trinajstić information content (AvgIpc) is 2.69. The standard InChI is InChI=1S/C12H12N2O/c1-14-11-5-3-2-4-10(11)13-6-9-7-15-8-12(9)14/h2-5,7-8,13H,6H2,1H3. The maximum Gasteiger partial charge on any atom is 0.114 e. The first-order valence-electron chi connectivity index (χ1n) is 4.98. The summed E-state index contributed by atoms with van der Waals surface area (Å²) in [7, 11) is 2.06. The van der Waals surface area contributed by atoms with Crippen LogP contribution in [0.1, 0.15) is 5.56 Å². The zero-order valence-electron chi connectivity index (χ0n) is 8.53. The van der Waals surface area contributed by atoms with Crippen molar-refractivity contribution in [1.82, 2.24) is 0 Å². The van der Waals surface area contributed by atoms with Gasteiger partial charge in [-0.3, -0.25) is 0 Å². The molecule has 76 valence electrons. The van der Waals surface area contributed by atoms with Gasteiger partial charge in [0.25, 0.3) is 0 Å². The molecule has 1 N–H and O–H groups in total. The molecule has 15 heavy (non-hydrogen) atoms. The monoisotopic (exact) mass is 200 g/mol. The molecule has 0 spiro atoms. The number of fused-ring (bicyclic) bond motifs is 2. The fourth-order valence-corrected chi connectivity index (χ4v) is 1.98. The maximum atomic E-state index is 5.23. The zero-order valence-corrected chi connectivity index (χ0v) is 8.53. The summed E-state index contributed by atoms with van der Waals surface area (Å²) in [6, 6.07) is 8.28. The van der Waals surface area contributed by atoms with E-state index in [2.05, 4.69) is 29.4 Å². The molecule has 0 fully saturated rings. The molecule has 0 saturated carbocycles. The molecule has 1 aliphatic rings. The molecule has 0 amide bonds. The molecule has 3 heteroatoms. The summed E-state index contributed by atoms with van der Waals surface area (Å²) in [6.45, 7) is 0.813. The summed E-state index contributed by atoms with van der Waals surface area (Å²) in [5, 5.41) is 3.40. The van der Waals surface area contributed by atoms with E-state index in [1.54, 1.807) is 12.5 Å². The molecular weight excluding hydrogens is 188 g/mol. The van der Waals surface area contributed by atoms with Crippen molar-refractivity contribution in [3.05, 3.63) is 42.4 Å². The zero-order chi connectivity index (χ0) is 10.3. The third kappa shape index (κ3) is 1.20. The quantitative estimate of drug-likeness (QED) is 0.708. The van der Waals surface area contributed by atoms with Gasteiger partial charge in [0, 0.05) is 19.2 Å². The van der Waals surface area contributed by atoms with E-state index in [0.29, 0.717) is 0 Å². The molecule has 0 atom stereocenters. The predicted octanol–water partition coefficient (Wildman–Crippen LogP) is 2.97. The number of anilines is 3. The Hall–Kier alpha value is -1.90. The van der Waals surface area contributed by atoms with Crippen molar-refractivity contribution in [3.63, 3.8) is 0 Å². The minimum absolute atomic E-state index is 0.813. The van der Waals surface area contributed by atoms with Crippen molar-refractivity contribution in [2.75, 3.05) is 17.3 Å². The lowest BCUT2D eigenvalue weighted by atomic mass is 10.2. The SMILES string of the molecule is CN1c2cocc2CNc2ccccc21. The molecule has 1 aliphatic heterocycles. The van der Waals surface area contributed by atoms with Crippen molar-refractivity contribution >= 4 is 17.1 Å². The van der Waals surface area contributed by atoms with E-state index >= 15 is 0 Å². The van der Waals surface area contributed by atoms with Gasteiger partial charge in [-0.2, -0.15) is 0 Å². The second-order valence-corrected chi connectivity index (χ2v) is 3.71. The van der Waals surface area contributed by atoms with Crippen molar-refractivity contribution in [1.29, 1.82) is 0 Å². The summed E-state index contributed by atoms with van der Waals surface area (Å²) in [5.74, 6) is 0. The molecule has 0 radical (unpaired) electrons. The van der Waals surface area contributed by atoms with E-state index in [1.165, 1.54) is 11.3 Å². The Morgan fingerprint density at radius 3 is 3.00 bits per heavy atom. The molecule has 0 saturated heterocycles.